The highest BCUT2D eigenvalue weighted by molar-refractivity contribution is 7.85. The van der Waals surface area contributed by atoms with E-state index < -0.39 is 7.14 Å². The van der Waals surface area contributed by atoms with Crippen LogP contribution in [-0.2, 0) is 9.98 Å². The van der Waals surface area contributed by atoms with Crippen LogP contribution in [0, 0.1) is 0 Å². The summed E-state index contributed by atoms with van der Waals surface area (Å²) in [5.41, 5.74) is 8.58. The van der Waals surface area contributed by atoms with Crippen LogP contribution in [-0.4, -0.2) is 4.57 Å². The van der Waals surface area contributed by atoms with Crippen LogP contribution >= 0.6 is 7.14 Å². The first-order valence-corrected chi connectivity index (χ1v) is 19.0. The quantitative estimate of drug-likeness (QED) is 0.172. The largest absolute Gasteiger partial charge is 0.309 e. The first-order chi connectivity index (χ1) is 24.5. The van der Waals surface area contributed by atoms with Gasteiger partial charge in [0.2, 0.25) is 0 Å². The number of fused-ring (bicyclic) bond motifs is 8. The Morgan fingerprint density at radius 1 is 0.480 bits per heavy atom. The molecule has 0 bridgehead atoms. The van der Waals surface area contributed by atoms with Crippen LogP contribution in [0.3, 0.4) is 0 Å². The van der Waals surface area contributed by atoms with Crippen molar-refractivity contribution >= 4 is 66.4 Å². The molecule has 0 spiro atoms. The van der Waals surface area contributed by atoms with Gasteiger partial charge in [0.25, 0.3) is 0 Å². The Kier molecular flexibility index (Phi) is 6.23. The van der Waals surface area contributed by atoms with Crippen molar-refractivity contribution in [1.82, 2.24) is 4.57 Å². The van der Waals surface area contributed by atoms with Crippen molar-refractivity contribution in [2.45, 2.75) is 19.3 Å². The molecule has 8 aromatic carbocycles. The fourth-order valence-electron chi connectivity index (χ4n) is 8.68. The number of rotatable bonds is 4. The number of aromatic nitrogens is 1. The maximum atomic E-state index is 15.3. The number of hydrogen-bond acceptors (Lipinski definition) is 1. The molecule has 1 aliphatic carbocycles. The van der Waals surface area contributed by atoms with Crippen molar-refractivity contribution < 1.29 is 4.57 Å². The molecular weight excluding hydrogens is 625 g/mol. The molecule has 1 aliphatic rings. The third-order valence-electron chi connectivity index (χ3n) is 11.0. The van der Waals surface area contributed by atoms with Crippen LogP contribution in [0.5, 0.6) is 0 Å². The summed E-state index contributed by atoms with van der Waals surface area (Å²) in [6.45, 7) is 4.71. The predicted octanol–water partition coefficient (Wildman–Crippen LogP) is 11.0. The minimum Gasteiger partial charge on any atom is -0.309 e. The Hall–Kier alpha value is -5.69. The van der Waals surface area contributed by atoms with Gasteiger partial charge in [0, 0.05) is 48.7 Å². The Morgan fingerprint density at radius 2 is 1.08 bits per heavy atom. The number of hydrogen-bond donors (Lipinski definition) is 0. The topological polar surface area (TPSA) is 22.0 Å². The zero-order valence-corrected chi connectivity index (χ0v) is 28.9. The molecule has 0 saturated carbocycles. The first kappa shape index (κ1) is 29.2. The average Bonchev–Trinajstić information content (AvgIpc) is 3.51. The second kappa shape index (κ2) is 10.7. The minimum absolute atomic E-state index is 0.141. The van der Waals surface area contributed by atoms with E-state index >= 15 is 4.57 Å². The Morgan fingerprint density at radius 3 is 1.82 bits per heavy atom. The van der Waals surface area contributed by atoms with Gasteiger partial charge in [-0.25, -0.2) is 0 Å². The van der Waals surface area contributed by atoms with E-state index in [1.165, 1.54) is 65.6 Å². The van der Waals surface area contributed by atoms with Crippen LogP contribution in [0.4, 0.5) is 0 Å². The maximum absolute atomic E-state index is 15.3. The molecule has 2 nitrogen and oxygen atoms in total. The van der Waals surface area contributed by atoms with Crippen LogP contribution in [0.1, 0.15) is 25.0 Å². The zero-order chi connectivity index (χ0) is 33.6. The molecule has 0 aliphatic heterocycles. The summed E-state index contributed by atoms with van der Waals surface area (Å²) < 4.78 is 17.8. The fourth-order valence-corrected chi connectivity index (χ4v) is 11.3. The smallest absolute Gasteiger partial charge is 0.171 e. The third-order valence-corrected chi connectivity index (χ3v) is 14.1. The molecular formula is C47H34NOP. The molecule has 0 saturated heterocycles. The average molecular weight is 660 g/mol. The molecule has 10 rings (SSSR count). The van der Waals surface area contributed by atoms with Gasteiger partial charge in [-0.3, -0.25) is 0 Å². The lowest BCUT2D eigenvalue weighted by Gasteiger charge is -2.35. The summed E-state index contributed by atoms with van der Waals surface area (Å²) in [5, 5.41) is 9.98. The Bertz CT molecular complexity index is 2800. The van der Waals surface area contributed by atoms with Crippen LogP contribution < -0.4 is 15.9 Å². The molecule has 1 aromatic heterocycles. The molecule has 0 N–H and O–H groups in total. The molecule has 238 valence electrons. The minimum atomic E-state index is -3.12. The second-order valence-electron chi connectivity index (χ2n) is 14.0. The summed E-state index contributed by atoms with van der Waals surface area (Å²) in [4.78, 5) is 0. The van der Waals surface area contributed by atoms with Gasteiger partial charge < -0.3 is 9.13 Å². The summed E-state index contributed by atoms with van der Waals surface area (Å²) in [6.07, 6.45) is 0. The molecule has 1 heterocycles. The highest BCUT2D eigenvalue weighted by Crippen LogP contribution is 2.53. The van der Waals surface area contributed by atoms with Gasteiger partial charge in [0.05, 0.1) is 11.0 Å². The summed E-state index contributed by atoms with van der Waals surface area (Å²) in [7, 11) is -3.12. The van der Waals surface area contributed by atoms with Crippen molar-refractivity contribution in [3.8, 4) is 16.8 Å². The van der Waals surface area contributed by atoms with E-state index in [2.05, 4.69) is 128 Å². The van der Waals surface area contributed by atoms with Crippen molar-refractivity contribution in [3.05, 3.63) is 181 Å². The predicted molar refractivity (Wildman–Crippen MR) is 213 cm³/mol. The molecule has 0 radical (unpaired) electrons. The highest BCUT2D eigenvalue weighted by Gasteiger charge is 2.36. The fraction of sp³-hybridized carbons (Fsp3) is 0.0638. The van der Waals surface area contributed by atoms with Crippen molar-refractivity contribution in [2.24, 2.45) is 0 Å². The van der Waals surface area contributed by atoms with Gasteiger partial charge in [0.15, 0.2) is 7.14 Å². The van der Waals surface area contributed by atoms with Crippen LogP contribution in [0.15, 0.2) is 170 Å². The van der Waals surface area contributed by atoms with Crippen molar-refractivity contribution in [1.29, 1.82) is 0 Å². The van der Waals surface area contributed by atoms with Crippen LogP contribution in [0.2, 0.25) is 0 Å². The van der Waals surface area contributed by atoms with E-state index in [1.807, 2.05) is 60.7 Å². The van der Waals surface area contributed by atoms with E-state index in [0.717, 1.165) is 21.6 Å². The second-order valence-corrected chi connectivity index (χ2v) is 16.8. The molecule has 9 aromatic rings. The number of benzene rings is 8. The molecule has 0 fully saturated rings. The molecule has 3 heteroatoms. The van der Waals surface area contributed by atoms with E-state index in [1.54, 1.807) is 0 Å². The van der Waals surface area contributed by atoms with Gasteiger partial charge in [0.1, 0.15) is 0 Å². The third kappa shape index (κ3) is 3.94. The normalized spacial score (nSPS) is 13.6. The van der Waals surface area contributed by atoms with Gasteiger partial charge >= 0.3 is 0 Å². The van der Waals surface area contributed by atoms with Gasteiger partial charge in [-0.1, -0.05) is 153 Å². The van der Waals surface area contributed by atoms with E-state index in [9.17, 15) is 0 Å². The maximum Gasteiger partial charge on any atom is 0.171 e. The Labute approximate surface area is 291 Å². The Balaban J connectivity index is 1.33. The SMILES string of the molecule is CC1(C)c2ccccc2-c2c3c1cccc3cc1c3ccc4ccccc4c3n(-c3ccc(P(=O)(c4ccccc4)c4ccccc4)cc3)c21. The van der Waals surface area contributed by atoms with E-state index in [4.69, 9.17) is 0 Å². The molecule has 50 heavy (non-hydrogen) atoms. The van der Waals surface area contributed by atoms with Gasteiger partial charge in [-0.15, -0.1) is 0 Å². The van der Waals surface area contributed by atoms with Crippen LogP contribution in [0.25, 0.3) is 60.2 Å². The van der Waals surface area contributed by atoms with Crippen molar-refractivity contribution in [2.75, 3.05) is 0 Å². The van der Waals surface area contributed by atoms with E-state index in [0.29, 0.717) is 0 Å². The van der Waals surface area contributed by atoms with Crippen molar-refractivity contribution in [3.63, 3.8) is 0 Å². The summed E-state index contributed by atoms with van der Waals surface area (Å²) >= 11 is 0. The summed E-state index contributed by atoms with van der Waals surface area (Å²) in [5.74, 6) is 0. The van der Waals surface area contributed by atoms with Gasteiger partial charge in [-0.2, -0.15) is 0 Å². The highest BCUT2D eigenvalue weighted by atomic mass is 31.2. The lowest BCUT2D eigenvalue weighted by molar-refractivity contribution is 0.592. The van der Waals surface area contributed by atoms with Gasteiger partial charge in [-0.05, 0) is 63.2 Å². The molecule has 0 amide bonds. The van der Waals surface area contributed by atoms with E-state index in [-0.39, 0.29) is 5.41 Å². The first-order valence-electron chi connectivity index (χ1n) is 17.3. The lowest BCUT2D eigenvalue weighted by Crippen LogP contribution is -2.25. The number of nitrogens with zero attached hydrogens (tertiary/aromatic N) is 1. The summed E-state index contributed by atoms with van der Waals surface area (Å²) in [6, 6.07) is 59.8. The lowest BCUT2D eigenvalue weighted by atomic mass is 9.68. The monoisotopic (exact) mass is 659 g/mol. The molecule has 0 atom stereocenters. The standard InChI is InChI=1S/C47H34NOP/c1-47(2)41-22-12-11-21-39(41)44-43-32(15-13-23-42(43)47)30-40-38-29-24-31-14-9-10-20-37(31)45(38)48(46(40)44)33-25-27-36(28-26-33)50(49,34-16-5-3-6-17-34)35-18-7-4-8-19-35/h3-30H,1-2H3. The zero-order valence-electron chi connectivity index (χ0n) is 28.0. The molecule has 0 unspecified atom stereocenters.